The summed E-state index contributed by atoms with van der Waals surface area (Å²) in [7, 11) is 0. The predicted octanol–water partition coefficient (Wildman–Crippen LogP) is 4.34. The van der Waals surface area contributed by atoms with E-state index in [0.717, 1.165) is 11.1 Å². The van der Waals surface area contributed by atoms with Gasteiger partial charge in [0.05, 0.1) is 25.9 Å². The summed E-state index contributed by atoms with van der Waals surface area (Å²) in [6, 6.07) is 19.1. The molecule has 2 aliphatic rings. The smallest absolute Gasteiger partial charge is 0.190 e. The molecule has 5 atom stereocenters. The van der Waals surface area contributed by atoms with Gasteiger partial charge in [0, 0.05) is 4.91 Å². The molecule has 8 heteroatoms. The van der Waals surface area contributed by atoms with Gasteiger partial charge in [-0.05, 0) is 30.5 Å². The summed E-state index contributed by atoms with van der Waals surface area (Å²) in [5, 5.41) is 3.95. The molecule has 2 fully saturated rings. The van der Waals surface area contributed by atoms with E-state index in [1.54, 1.807) is 0 Å². The summed E-state index contributed by atoms with van der Waals surface area (Å²) in [4.78, 5) is 3.01. The van der Waals surface area contributed by atoms with Crippen molar-refractivity contribution >= 4 is 0 Å². The van der Waals surface area contributed by atoms with Crippen LogP contribution in [0, 0.1) is 0 Å². The molecule has 0 unspecified atom stereocenters. The van der Waals surface area contributed by atoms with Crippen molar-refractivity contribution in [2.75, 3.05) is 6.61 Å². The molecular formula is C23H27N3O5. The maximum atomic E-state index is 9.14. The van der Waals surface area contributed by atoms with E-state index in [1.165, 1.54) is 0 Å². The number of hydrogen-bond donors (Lipinski definition) is 0. The summed E-state index contributed by atoms with van der Waals surface area (Å²) in [5.74, 6) is -0.771. The number of nitrogens with zero attached hydrogens (tertiary/aromatic N) is 3. The molecule has 8 nitrogen and oxygen atoms in total. The van der Waals surface area contributed by atoms with Crippen molar-refractivity contribution in [1.82, 2.24) is 0 Å². The van der Waals surface area contributed by atoms with Crippen LogP contribution in [0.4, 0.5) is 0 Å². The minimum absolute atomic E-state index is 0.192. The van der Waals surface area contributed by atoms with Crippen LogP contribution in [0.2, 0.25) is 0 Å². The van der Waals surface area contributed by atoms with Crippen molar-refractivity contribution in [3.8, 4) is 0 Å². The summed E-state index contributed by atoms with van der Waals surface area (Å²) >= 11 is 0. The van der Waals surface area contributed by atoms with Gasteiger partial charge < -0.3 is 23.7 Å². The maximum absolute atomic E-state index is 9.14. The average Bonchev–Trinajstić information content (AvgIpc) is 3.24. The molecule has 2 saturated heterocycles. The second-order valence-corrected chi connectivity index (χ2v) is 8.10. The van der Waals surface area contributed by atoms with Crippen molar-refractivity contribution in [2.24, 2.45) is 5.11 Å². The molecule has 2 aliphatic heterocycles. The highest BCUT2D eigenvalue weighted by Gasteiger charge is 2.57. The third-order valence-electron chi connectivity index (χ3n) is 5.29. The van der Waals surface area contributed by atoms with E-state index in [2.05, 4.69) is 10.0 Å². The lowest BCUT2D eigenvalue weighted by atomic mass is 10.0. The van der Waals surface area contributed by atoms with Crippen LogP contribution in [0.5, 0.6) is 0 Å². The van der Waals surface area contributed by atoms with Gasteiger partial charge in [-0.25, -0.2) is 0 Å². The van der Waals surface area contributed by atoms with E-state index in [1.807, 2.05) is 74.5 Å². The number of azide groups is 1. The van der Waals surface area contributed by atoms with Gasteiger partial charge in [-0.3, -0.25) is 0 Å². The van der Waals surface area contributed by atoms with E-state index in [0.29, 0.717) is 13.2 Å². The first-order chi connectivity index (χ1) is 15.1. The SMILES string of the molecule is CC1(C)O[C@H]2O[C@H]([C@H](COCc3ccccc3)N=[N+]=[N-])[C@@H](OCc3ccccc3)[C@H]2O1. The van der Waals surface area contributed by atoms with Crippen LogP contribution >= 0.6 is 0 Å². The molecule has 31 heavy (non-hydrogen) atoms. The topological polar surface area (TPSA) is 94.9 Å². The van der Waals surface area contributed by atoms with E-state index < -0.39 is 36.4 Å². The lowest BCUT2D eigenvalue weighted by molar-refractivity contribution is -0.222. The van der Waals surface area contributed by atoms with Crippen LogP contribution < -0.4 is 0 Å². The van der Waals surface area contributed by atoms with Gasteiger partial charge in [0.1, 0.15) is 18.3 Å². The van der Waals surface area contributed by atoms with E-state index >= 15 is 0 Å². The molecule has 4 rings (SSSR count). The maximum Gasteiger partial charge on any atom is 0.190 e. The highest BCUT2D eigenvalue weighted by atomic mass is 16.8. The van der Waals surface area contributed by atoms with Crippen molar-refractivity contribution < 1.29 is 23.7 Å². The summed E-state index contributed by atoms with van der Waals surface area (Å²) in [6.45, 7) is 4.66. The normalized spacial score (nSPS) is 27.4. The van der Waals surface area contributed by atoms with Crippen LogP contribution in [-0.2, 0) is 36.9 Å². The Morgan fingerprint density at radius 1 is 1.00 bits per heavy atom. The average molecular weight is 425 g/mol. The third-order valence-corrected chi connectivity index (χ3v) is 5.29. The molecule has 2 aromatic rings. The molecule has 0 aliphatic carbocycles. The number of rotatable bonds is 9. The largest absolute Gasteiger partial charge is 0.376 e. The van der Waals surface area contributed by atoms with Gasteiger partial charge in [0.25, 0.3) is 0 Å². The molecule has 0 saturated carbocycles. The number of benzene rings is 2. The van der Waals surface area contributed by atoms with E-state index in [4.69, 9.17) is 29.2 Å². The fourth-order valence-electron chi connectivity index (χ4n) is 3.90. The molecule has 0 bridgehead atoms. The van der Waals surface area contributed by atoms with Gasteiger partial charge in [-0.15, -0.1) is 0 Å². The van der Waals surface area contributed by atoms with Gasteiger partial charge in [0.15, 0.2) is 12.1 Å². The minimum atomic E-state index is -0.771. The van der Waals surface area contributed by atoms with Crippen molar-refractivity contribution in [3.63, 3.8) is 0 Å². The first kappa shape index (κ1) is 21.8. The van der Waals surface area contributed by atoms with Gasteiger partial charge in [-0.2, -0.15) is 0 Å². The Labute approximate surface area is 181 Å². The fourth-order valence-corrected chi connectivity index (χ4v) is 3.90. The molecule has 0 spiro atoms. The molecule has 2 aromatic carbocycles. The number of ether oxygens (including phenoxy) is 5. The molecule has 0 aromatic heterocycles. The number of fused-ring (bicyclic) bond motifs is 1. The Balaban J connectivity index is 1.46. The molecule has 0 amide bonds. The van der Waals surface area contributed by atoms with Crippen molar-refractivity contribution in [1.29, 1.82) is 0 Å². The van der Waals surface area contributed by atoms with Crippen molar-refractivity contribution in [3.05, 3.63) is 82.2 Å². The minimum Gasteiger partial charge on any atom is -0.376 e. The second-order valence-electron chi connectivity index (χ2n) is 8.10. The standard InChI is InChI=1S/C23H27N3O5/c1-23(2)30-21-20(28-14-17-11-7-4-8-12-17)19(29-22(21)31-23)18(25-26-24)15-27-13-16-9-5-3-6-10-16/h3-12,18-22H,13-15H2,1-2H3/t18-,19+,20+,21+,22+/m0/s1. The van der Waals surface area contributed by atoms with Crippen LogP contribution in [0.25, 0.3) is 10.4 Å². The highest BCUT2D eigenvalue weighted by molar-refractivity contribution is 5.14. The predicted molar refractivity (Wildman–Crippen MR) is 113 cm³/mol. The van der Waals surface area contributed by atoms with Crippen LogP contribution in [0.3, 0.4) is 0 Å². The highest BCUT2D eigenvalue weighted by Crippen LogP contribution is 2.40. The monoisotopic (exact) mass is 425 g/mol. The van der Waals surface area contributed by atoms with E-state index in [-0.39, 0.29) is 6.61 Å². The van der Waals surface area contributed by atoms with Crippen molar-refractivity contribution in [2.45, 2.75) is 63.5 Å². The summed E-state index contributed by atoms with van der Waals surface area (Å²) in [6.07, 6.45) is -2.04. The zero-order valence-electron chi connectivity index (χ0n) is 17.7. The first-order valence-corrected chi connectivity index (χ1v) is 10.4. The lowest BCUT2D eigenvalue weighted by Crippen LogP contribution is -2.43. The Morgan fingerprint density at radius 2 is 1.65 bits per heavy atom. The molecular weight excluding hydrogens is 398 g/mol. The lowest BCUT2D eigenvalue weighted by Gasteiger charge is -2.29. The van der Waals surface area contributed by atoms with Gasteiger partial charge in [0.2, 0.25) is 0 Å². The first-order valence-electron chi connectivity index (χ1n) is 10.4. The summed E-state index contributed by atoms with van der Waals surface area (Å²) in [5.41, 5.74) is 11.2. The molecule has 164 valence electrons. The Morgan fingerprint density at radius 3 is 2.29 bits per heavy atom. The zero-order chi connectivity index (χ0) is 21.7. The van der Waals surface area contributed by atoms with Crippen LogP contribution in [-0.4, -0.2) is 43.0 Å². The van der Waals surface area contributed by atoms with Gasteiger partial charge >= 0.3 is 0 Å². The number of hydrogen-bond acceptors (Lipinski definition) is 6. The van der Waals surface area contributed by atoms with E-state index in [9.17, 15) is 0 Å². The van der Waals surface area contributed by atoms with Crippen LogP contribution in [0.15, 0.2) is 65.8 Å². The molecule has 0 N–H and O–H groups in total. The third kappa shape index (κ3) is 5.43. The Bertz CT molecular complexity index is 889. The van der Waals surface area contributed by atoms with Crippen LogP contribution in [0.1, 0.15) is 25.0 Å². The second kappa shape index (κ2) is 9.78. The quantitative estimate of drug-likeness (QED) is 0.338. The van der Waals surface area contributed by atoms with Gasteiger partial charge in [-0.1, -0.05) is 65.8 Å². The Kier molecular flexibility index (Phi) is 6.87. The fraction of sp³-hybridized carbons (Fsp3) is 0.478. The zero-order valence-corrected chi connectivity index (χ0v) is 17.7. The molecule has 0 radical (unpaired) electrons. The summed E-state index contributed by atoms with van der Waals surface area (Å²) < 4.78 is 30.1. The molecule has 2 heterocycles. The Hall–Kier alpha value is -2.45.